The van der Waals surface area contributed by atoms with Crippen LogP contribution < -0.4 is 10.2 Å². The van der Waals surface area contributed by atoms with Crippen molar-refractivity contribution >= 4 is 11.6 Å². The maximum absolute atomic E-state index is 12.5. The van der Waals surface area contributed by atoms with Gasteiger partial charge < -0.3 is 15.3 Å². The summed E-state index contributed by atoms with van der Waals surface area (Å²) in [5.41, 5.74) is 2.12. The standard InChI is InChI=1S/C15H22N2O2/c1-11-3-5-13(6-4-11)17-9-7-12(2)16-14(8-10-18)15(17)19/h3-6,12,14,16,18H,7-10H2,1-2H3. The summed E-state index contributed by atoms with van der Waals surface area (Å²) in [6.45, 7) is 4.86. The number of aryl methyl sites for hydroxylation is 1. The molecule has 1 saturated heterocycles. The van der Waals surface area contributed by atoms with Crippen molar-refractivity contribution < 1.29 is 9.90 Å². The summed E-state index contributed by atoms with van der Waals surface area (Å²) >= 11 is 0. The van der Waals surface area contributed by atoms with Crippen LogP contribution in [-0.4, -0.2) is 36.2 Å². The molecule has 0 bridgehead atoms. The minimum atomic E-state index is -0.288. The van der Waals surface area contributed by atoms with E-state index in [2.05, 4.69) is 12.2 Å². The number of amides is 1. The van der Waals surface area contributed by atoms with Gasteiger partial charge in [-0.2, -0.15) is 0 Å². The summed E-state index contributed by atoms with van der Waals surface area (Å²) in [5.74, 6) is 0.0576. The minimum absolute atomic E-state index is 0.0257. The van der Waals surface area contributed by atoms with E-state index in [-0.39, 0.29) is 24.6 Å². The first-order valence-electron chi connectivity index (χ1n) is 6.87. The Morgan fingerprint density at radius 1 is 1.37 bits per heavy atom. The lowest BCUT2D eigenvalue weighted by molar-refractivity contribution is -0.120. The van der Waals surface area contributed by atoms with E-state index in [1.165, 1.54) is 5.56 Å². The van der Waals surface area contributed by atoms with E-state index >= 15 is 0 Å². The molecule has 1 aliphatic rings. The quantitative estimate of drug-likeness (QED) is 0.867. The van der Waals surface area contributed by atoms with Crippen LogP contribution in [0.1, 0.15) is 25.3 Å². The van der Waals surface area contributed by atoms with Gasteiger partial charge >= 0.3 is 0 Å². The lowest BCUT2D eigenvalue weighted by Crippen LogP contribution is -2.45. The van der Waals surface area contributed by atoms with Crippen molar-refractivity contribution in [1.29, 1.82) is 0 Å². The van der Waals surface area contributed by atoms with Gasteiger partial charge in [0.1, 0.15) is 0 Å². The summed E-state index contributed by atoms with van der Waals surface area (Å²) in [6.07, 6.45) is 1.38. The Hall–Kier alpha value is -1.39. The molecule has 0 aliphatic carbocycles. The van der Waals surface area contributed by atoms with Gasteiger partial charge in [0.2, 0.25) is 5.91 Å². The Labute approximate surface area is 114 Å². The van der Waals surface area contributed by atoms with E-state index in [9.17, 15) is 4.79 Å². The molecule has 1 amide bonds. The van der Waals surface area contributed by atoms with Crippen molar-refractivity contribution in [2.45, 2.75) is 38.8 Å². The van der Waals surface area contributed by atoms with Crippen LogP contribution in [0.4, 0.5) is 5.69 Å². The molecule has 2 unspecified atom stereocenters. The first kappa shape index (κ1) is 14.0. The van der Waals surface area contributed by atoms with Gasteiger partial charge in [0.25, 0.3) is 0 Å². The molecular formula is C15H22N2O2. The highest BCUT2D eigenvalue weighted by Gasteiger charge is 2.29. The molecule has 0 aromatic heterocycles. The summed E-state index contributed by atoms with van der Waals surface area (Å²) < 4.78 is 0. The summed E-state index contributed by atoms with van der Waals surface area (Å²) in [6, 6.07) is 8.01. The van der Waals surface area contributed by atoms with Gasteiger partial charge in [-0.05, 0) is 38.8 Å². The zero-order valence-electron chi connectivity index (χ0n) is 11.6. The Balaban J connectivity index is 2.22. The van der Waals surface area contributed by atoms with E-state index in [1.54, 1.807) is 0 Å². The minimum Gasteiger partial charge on any atom is -0.396 e. The maximum Gasteiger partial charge on any atom is 0.244 e. The smallest absolute Gasteiger partial charge is 0.244 e. The Morgan fingerprint density at radius 3 is 2.68 bits per heavy atom. The number of carbonyl (C=O) groups excluding carboxylic acids is 1. The highest BCUT2D eigenvalue weighted by molar-refractivity contribution is 5.97. The van der Waals surface area contributed by atoms with Crippen molar-refractivity contribution in [2.24, 2.45) is 0 Å². The SMILES string of the molecule is Cc1ccc(N2CCC(C)NC(CCO)C2=O)cc1. The van der Waals surface area contributed by atoms with Crippen molar-refractivity contribution in [3.8, 4) is 0 Å². The van der Waals surface area contributed by atoms with Crippen LogP contribution in [-0.2, 0) is 4.79 Å². The summed E-state index contributed by atoms with van der Waals surface area (Å²) in [4.78, 5) is 14.3. The van der Waals surface area contributed by atoms with Gasteiger partial charge in [-0.3, -0.25) is 4.79 Å². The molecule has 2 atom stereocenters. The van der Waals surface area contributed by atoms with Crippen LogP contribution in [0.3, 0.4) is 0 Å². The monoisotopic (exact) mass is 262 g/mol. The lowest BCUT2D eigenvalue weighted by atomic mass is 10.1. The largest absolute Gasteiger partial charge is 0.396 e. The molecule has 1 aromatic rings. The third kappa shape index (κ3) is 3.33. The number of aliphatic hydroxyl groups is 1. The predicted molar refractivity (Wildman–Crippen MR) is 76.2 cm³/mol. The molecule has 4 nitrogen and oxygen atoms in total. The van der Waals surface area contributed by atoms with Crippen molar-refractivity contribution in [1.82, 2.24) is 5.32 Å². The van der Waals surface area contributed by atoms with Gasteiger partial charge in [-0.1, -0.05) is 17.7 Å². The van der Waals surface area contributed by atoms with Crippen LogP contribution in [0.25, 0.3) is 0 Å². The van der Waals surface area contributed by atoms with Crippen LogP contribution in [0, 0.1) is 6.92 Å². The van der Waals surface area contributed by atoms with Gasteiger partial charge in [0, 0.05) is 24.9 Å². The molecule has 0 radical (unpaired) electrons. The van der Waals surface area contributed by atoms with E-state index in [0.29, 0.717) is 6.42 Å². The molecule has 0 saturated carbocycles. The Bertz CT molecular complexity index is 430. The topological polar surface area (TPSA) is 52.6 Å². The molecule has 2 rings (SSSR count). The maximum atomic E-state index is 12.5. The lowest BCUT2D eigenvalue weighted by Gasteiger charge is -2.24. The number of anilines is 1. The number of nitrogens with one attached hydrogen (secondary N) is 1. The number of aliphatic hydroxyl groups excluding tert-OH is 1. The summed E-state index contributed by atoms with van der Waals surface area (Å²) in [5, 5.41) is 12.4. The molecule has 1 aromatic carbocycles. The van der Waals surface area contributed by atoms with E-state index < -0.39 is 0 Å². The van der Waals surface area contributed by atoms with Gasteiger partial charge in [-0.15, -0.1) is 0 Å². The van der Waals surface area contributed by atoms with Crippen molar-refractivity contribution in [3.05, 3.63) is 29.8 Å². The van der Waals surface area contributed by atoms with Gasteiger partial charge in [0.05, 0.1) is 6.04 Å². The third-order valence-corrected chi connectivity index (χ3v) is 3.60. The van der Waals surface area contributed by atoms with Crippen LogP contribution >= 0.6 is 0 Å². The Morgan fingerprint density at radius 2 is 2.05 bits per heavy atom. The van der Waals surface area contributed by atoms with Crippen molar-refractivity contribution in [3.63, 3.8) is 0 Å². The zero-order chi connectivity index (χ0) is 13.8. The van der Waals surface area contributed by atoms with Gasteiger partial charge in [0.15, 0.2) is 0 Å². The summed E-state index contributed by atoms with van der Waals surface area (Å²) in [7, 11) is 0. The van der Waals surface area contributed by atoms with Gasteiger partial charge in [-0.25, -0.2) is 0 Å². The first-order chi connectivity index (χ1) is 9.11. The van der Waals surface area contributed by atoms with Crippen molar-refractivity contribution in [2.75, 3.05) is 18.1 Å². The van der Waals surface area contributed by atoms with E-state index in [1.807, 2.05) is 36.1 Å². The number of carbonyl (C=O) groups is 1. The Kier molecular flexibility index (Phi) is 4.56. The van der Waals surface area contributed by atoms with E-state index in [4.69, 9.17) is 5.11 Å². The highest BCUT2D eigenvalue weighted by atomic mass is 16.3. The fourth-order valence-electron chi connectivity index (χ4n) is 2.44. The van der Waals surface area contributed by atoms with Crippen LogP contribution in [0.2, 0.25) is 0 Å². The normalized spacial score (nSPS) is 24.4. The average molecular weight is 262 g/mol. The first-order valence-corrected chi connectivity index (χ1v) is 6.87. The molecule has 104 valence electrons. The number of rotatable bonds is 3. The second-order valence-electron chi connectivity index (χ2n) is 5.25. The number of hydrogen-bond acceptors (Lipinski definition) is 3. The number of benzene rings is 1. The second-order valence-corrected chi connectivity index (χ2v) is 5.25. The van der Waals surface area contributed by atoms with Crippen LogP contribution in [0.5, 0.6) is 0 Å². The molecule has 0 spiro atoms. The van der Waals surface area contributed by atoms with E-state index in [0.717, 1.165) is 18.7 Å². The molecule has 4 heteroatoms. The molecule has 2 N–H and O–H groups in total. The molecule has 19 heavy (non-hydrogen) atoms. The highest BCUT2D eigenvalue weighted by Crippen LogP contribution is 2.20. The fourth-order valence-corrected chi connectivity index (χ4v) is 2.44. The number of hydrogen-bond donors (Lipinski definition) is 2. The average Bonchev–Trinajstić information content (AvgIpc) is 2.52. The molecule has 1 fully saturated rings. The second kappa shape index (κ2) is 6.17. The molecule has 1 aliphatic heterocycles. The molecular weight excluding hydrogens is 240 g/mol. The third-order valence-electron chi connectivity index (χ3n) is 3.60. The number of nitrogens with zero attached hydrogens (tertiary/aromatic N) is 1. The molecule has 1 heterocycles. The van der Waals surface area contributed by atoms with Crippen LogP contribution in [0.15, 0.2) is 24.3 Å². The predicted octanol–water partition coefficient (Wildman–Crippen LogP) is 1.46. The zero-order valence-corrected chi connectivity index (χ0v) is 11.6. The fraction of sp³-hybridized carbons (Fsp3) is 0.533.